The molecule has 2 spiro atoms. The lowest BCUT2D eigenvalue weighted by Crippen LogP contribution is -2.41. The standard InChI is InChI=1S/C55H47N3O/c56-21-31-10-42-49(47-26-4-23-1-24(5-26)3-25(2-23)45(31)47)41-15-40-39-14-37-27-6-33-12-34-7-28(18-54(33,34)17-27)38(37)16-44(39)59-53(40)51-50-43(58(42)52(41)51)11-32(22-57)46-29-8-35-13-36-9-30(48(46)50)20-55(35,36)19-29/h10-11,14-16,23-30,33-36H,1-9,12-13,17-20H2. The Hall–Kier alpha value is -4.54. The minimum absolute atomic E-state index is 0.492. The van der Waals surface area contributed by atoms with Gasteiger partial charge in [-0.25, -0.2) is 0 Å². The van der Waals surface area contributed by atoms with Crippen LogP contribution in [-0.4, -0.2) is 4.40 Å². The Labute approximate surface area is 343 Å². The molecule has 288 valence electrons. The number of benzene rings is 4. The van der Waals surface area contributed by atoms with Crippen molar-refractivity contribution in [1.29, 1.82) is 10.5 Å². The van der Waals surface area contributed by atoms with Gasteiger partial charge in [-0.05, 0) is 242 Å². The minimum Gasteiger partial charge on any atom is -0.455 e. The Morgan fingerprint density at radius 3 is 1.69 bits per heavy atom. The van der Waals surface area contributed by atoms with Gasteiger partial charge >= 0.3 is 0 Å². The second kappa shape index (κ2) is 9.20. The molecule has 0 amide bonds. The van der Waals surface area contributed by atoms with Crippen LogP contribution in [0.15, 0.2) is 34.7 Å². The maximum Gasteiger partial charge on any atom is 0.145 e. The van der Waals surface area contributed by atoms with E-state index in [2.05, 4.69) is 46.9 Å². The number of nitrogens with zero attached hydrogens (tertiary/aromatic N) is 3. The molecule has 12 unspecified atom stereocenters. The van der Waals surface area contributed by atoms with E-state index >= 15 is 0 Å². The van der Waals surface area contributed by atoms with Gasteiger partial charge in [-0.3, -0.25) is 0 Å². The van der Waals surface area contributed by atoms with Gasteiger partial charge in [0, 0.05) is 26.9 Å². The van der Waals surface area contributed by atoms with Gasteiger partial charge in [0.1, 0.15) is 11.2 Å². The third kappa shape index (κ3) is 3.05. The predicted octanol–water partition coefficient (Wildman–Crippen LogP) is 13.7. The van der Waals surface area contributed by atoms with E-state index in [0.717, 1.165) is 57.8 Å². The molecule has 19 rings (SSSR count). The van der Waals surface area contributed by atoms with Gasteiger partial charge in [-0.2, -0.15) is 10.5 Å². The third-order valence-corrected chi connectivity index (χ3v) is 22.0. The molecule has 12 aliphatic rings. The molecule has 4 heteroatoms. The van der Waals surface area contributed by atoms with Crippen molar-refractivity contribution < 1.29 is 4.42 Å². The van der Waals surface area contributed by atoms with Gasteiger partial charge in [0.05, 0.1) is 45.2 Å². The number of furan rings is 1. The molecule has 0 aliphatic heterocycles. The van der Waals surface area contributed by atoms with Crippen molar-refractivity contribution in [3.05, 3.63) is 74.8 Å². The molecule has 8 fully saturated rings. The first-order valence-corrected chi connectivity index (χ1v) is 24.1. The lowest BCUT2D eigenvalue weighted by atomic mass is 9.56. The molecule has 12 atom stereocenters. The van der Waals surface area contributed by atoms with Gasteiger partial charge in [0.15, 0.2) is 0 Å². The summed E-state index contributed by atoms with van der Waals surface area (Å²) >= 11 is 0. The van der Waals surface area contributed by atoms with Crippen molar-refractivity contribution in [2.24, 2.45) is 46.3 Å². The Balaban J connectivity index is 1.03. The Bertz CT molecular complexity index is 3350. The zero-order valence-electron chi connectivity index (χ0n) is 33.7. The molecule has 4 nitrogen and oxygen atoms in total. The molecule has 3 aromatic heterocycles. The van der Waals surface area contributed by atoms with Crippen LogP contribution in [0.5, 0.6) is 0 Å². The second-order valence-corrected chi connectivity index (χ2v) is 23.5. The highest BCUT2D eigenvalue weighted by Crippen LogP contribution is 2.78. The number of nitriles is 2. The summed E-state index contributed by atoms with van der Waals surface area (Å²) in [5.41, 5.74) is 18.0. The van der Waals surface area contributed by atoms with Crippen molar-refractivity contribution in [1.82, 2.24) is 4.40 Å². The fourth-order valence-corrected chi connectivity index (χ4v) is 20.5. The van der Waals surface area contributed by atoms with Gasteiger partial charge in [-0.15, -0.1) is 0 Å². The number of aromatic nitrogens is 1. The van der Waals surface area contributed by atoms with E-state index < -0.39 is 0 Å². The van der Waals surface area contributed by atoms with Crippen LogP contribution in [0.1, 0.15) is 176 Å². The van der Waals surface area contributed by atoms with Crippen molar-refractivity contribution in [2.75, 3.05) is 0 Å². The fraction of sp³-hybridized carbons (Fsp3) is 0.527. The monoisotopic (exact) mass is 765 g/mol. The summed E-state index contributed by atoms with van der Waals surface area (Å²) in [4.78, 5) is 0. The average Bonchev–Trinajstić information content (AvgIpc) is 4.05. The molecule has 12 aliphatic carbocycles. The quantitative estimate of drug-likeness (QED) is 0.154. The molecule has 3 heterocycles. The molecule has 8 saturated carbocycles. The molecule has 0 saturated heterocycles. The van der Waals surface area contributed by atoms with Crippen molar-refractivity contribution in [3.8, 4) is 12.1 Å². The first-order valence-electron chi connectivity index (χ1n) is 24.1. The van der Waals surface area contributed by atoms with E-state index in [1.54, 1.807) is 11.1 Å². The first kappa shape index (κ1) is 30.5. The molecule has 10 bridgehead atoms. The summed E-state index contributed by atoms with van der Waals surface area (Å²) in [6.45, 7) is 0. The fourth-order valence-electron chi connectivity index (χ4n) is 20.5. The molecule has 0 N–H and O–H groups in total. The van der Waals surface area contributed by atoms with Crippen LogP contribution in [-0.2, 0) is 0 Å². The SMILES string of the molecule is N#Cc1cc2c(c3c1C1CC4CC(C1)CC3C4)c1cc3c4cc5c(cc4oc3c3c4c6c(c(C#N)cc4n2c13)C1CC2CC3CC6CC23C1)C1CC2CC3CC5CC23C1. The maximum atomic E-state index is 11.1. The van der Waals surface area contributed by atoms with Crippen molar-refractivity contribution in [3.63, 3.8) is 0 Å². The van der Waals surface area contributed by atoms with E-state index in [0.29, 0.717) is 46.3 Å². The molecule has 0 radical (unpaired) electrons. The zero-order chi connectivity index (χ0) is 37.7. The summed E-state index contributed by atoms with van der Waals surface area (Å²) in [7, 11) is 0. The van der Waals surface area contributed by atoms with Crippen LogP contribution in [0, 0.1) is 69.0 Å². The van der Waals surface area contributed by atoms with Crippen molar-refractivity contribution in [2.45, 2.75) is 132 Å². The highest BCUT2D eigenvalue weighted by Gasteiger charge is 2.67. The molecule has 59 heavy (non-hydrogen) atoms. The number of fused-ring (bicyclic) bond motifs is 21. The lowest BCUT2D eigenvalue weighted by molar-refractivity contribution is 0.00321. The largest absolute Gasteiger partial charge is 0.455 e. The Kier molecular flexibility index (Phi) is 4.75. The van der Waals surface area contributed by atoms with E-state index in [1.165, 1.54) is 167 Å². The summed E-state index contributed by atoms with van der Waals surface area (Å²) in [5.74, 6) is 8.58. The van der Waals surface area contributed by atoms with Gasteiger partial charge < -0.3 is 8.82 Å². The number of hydrogen-bond donors (Lipinski definition) is 0. The van der Waals surface area contributed by atoms with Crippen LogP contribution in [0.2, 0.25) is 0 Å². The predicted molar refractivity (Wildman–Crippen MR) is 229 cm³/mol. The molecule has 7 aromatic rings. The van der Waals surface area contributed by atoms with E-state index in [9.17, 15) is 10.5 Å². The van der Waals surface area contributed by atoms with Crippen LogP contribution in [0.4, 0.5) is 0 Å². The van der Waals surface area contributed by atoms with Crippen LogP contribution in [0.3, 0.4) is 0 Å². The maximum absolute atomic E-state index is 11.1. The zero-order valence-corrected chi connectivity index (χ0v) is 33.7. The summed E-state index contributed by atoms with van der Waals surface area (Å²) in [6, 6.07) is 18.1. The second-order valence-electron chi connectivity index (χ2n) is 23.5. The highest BCUT2D eigenvalue weighted by atomic mass is 16.3. The number of hydrogen-bond acceptors (Lipinski definition) is 3. The summed E-state index contributed by atoms with van der Waals surface area (Å²) < 4.78 is 10.1. The van der Waals surface area contributed by atoms with Gasteiger partial charge in [0.25, 0.3) is 0 Å². The number of rotatable bonds is 0. The van der Waals surface area contributed by atoms with Gasteiger partial charge in [-0.1, -0.05) is 0 Å². The minimum atomic E-state index is 0.492. The average molecular weight is 766 g/mol. The summed E-state index contributed by atoms with van der Waals surface area (Å²) in [6.07, 6.45) is 20.1. The highest BCUT2D eigenvalue weighted by molar-refractivity contribution is 6.34. The van der Waals surface area contributed by atoms with Crippen LogP contribution >= 0.6 is 0 Å². The molecular weight excluding hydrogens is 719 g/mol. The first-order chi connectivity index (χ1) is 29.0. The molecular formula is C55H47N3O. The normalized spacial score (nSPS) is 41.7. The third-order valence-electron chi connectivity index (χ3n) is 22.0. The van der Waals surface area contributed by atoms with Crippen LogP contribution < -0.4 is 0 Å². The Morgan fingerprint density at radius 1 is 0.492 bits per heavy atom. The van der Waals surface area contributed by atoms with E-state index in [-0.39, 0.29) is 0 Å². The van der Waals surface area contributed by atoms with Gasteiger partial charge in [0.2, 0.25) is 0 Å². The van der Waals surface area contributed by atoms with Crippen LogP contribution in [0.25, 0.3) is 60.0 Å². The Morgan fingerprint density at radius 2 is 1.03 bits per heavy atom. The lowest BCUT2D eigenvalue weighted by Gasteiger charge is -2.48. The van der Waals surface area contributed by atoms with E-state index in [1.807, 2.05) is 0 Å². The summed E-state index contributed by atoms with van der Waals surface area (Å²) in [5, 5.41) is 30.4. The van der Waals surface area contributed by atoms with Crippen molar-refractivity contribution >= 4 is 60.0 Å². The smallest absolute Gasteiger partial charge is 0.145 e. The van der Waals surface area contributed by atoms with E-state index in [4.69, 9.17) is 4.42 Å². The molecule has 4 aromatic carbocycles. The topological polar surface area (TPSA) is 65.1 Å².